The molecule has 0 bridgehead atoms. The van der Waals surface area contributed by atoms with E-state index in [0.29, 0.717) is 17.2 Å². The van der Waals surface area contributed by atoms with E-state index in [1.807, 2.05) is 18.2 Å². The molecule has 2 unspecified atom stereocenters. The summed E-state index contributed by atoms with van der Waals surface area (Å²) in [5.41, 5.74) is 0.0782. The highest BCUT2D eigenvalue weighted by molar-refractivity contribution is 7.99. The number of halogens is 3. The fourth-order valence-corrected chi connectivity index (χ4v) is 3.83. The Bertz CT molecular complexity index is 1010. The van der Waals surface area contributed by atoms with Crippen molar-refractivity contribution in [1.29, 1.82) is 0 Å². The quantitative estimate of drug-likeness (QED) is 0.633. The first-order valence-corrected chi connectivity index (χ1v) is 10.0. The number of amides is 1. The van der Waals surface area contributed by atoms with Crippen molar-refractivity contribution >= 4 is 17.7 Å². The number of nitrogens with one attached hydrogen (secondary N) is 2. The highest BCUT2D eigenvalue weighted by Gasteiger charge is 2.30. The maximum absolute atomic E-state index is 12.7. The van der Waals surface area contributed by atoms with Gasteiger partial charge in [0.25, 0.3) is 0 Å². The van der Waals surface area contributed by atoms with E-state index in [0.717, 1.165) is 17.8 Å². The SMILES string of the molecule is O=C1CC(c2ccccn2)NC(SCc2nc(-c3ccc(C(F)(F)F)cc3)no2)N1. The third kappa shape index (κ3) is 4.79. The Morgan fingerprint density at radius 2 is 1.97 bits per heavy atom. The molecule has 7 nitrogen and oxygen atoms in total. The molecular weight excluding hydrogens is 419 g/mol. The molecule has 0 radical (unpaired) electrons. The molecule has 2 atom stereocenters. The molecule has 156 valence electrons. The molecule has 1 aliphatic rings. The zero-order valence-corrected chi connectivity index (χ0v) is 16.2. The van der Waals surface area contributed by atoms with Gasteiger partial charge in [-0.1, -0.05) is 23.4 Å². The minimum atomic E-state index is -4.40. The molecule has 2 aromatic heterocycles. The number of hydrogen-bond donors (Lipinski definition) is 2. The lowest BCUT2D eigenvalue weighted by Crippen LogP contribution is -2.51. The second-order valence-electron chi connectivity index (χ2n) is 6.52. The summed E-state index contributed by atoms with van der Waals surface area (Å²) in [5.74, 6) is 0.704. The van der Waals surface area contributed by atoms with Crippen LogP contribution in [0.25, 0.3) is 11.4 Å². The predicted molar refractivity (Wildman–Crippen MR) is 103 cm³/mol. The summed E-state index contributed by atoms with van der Waals surface area (Å²) in [7, 11) is 0. The largest absolute Gasteiger partial charge is 0.416 e. The van der Waals surface area contributed by atoms with Crippen LogP contribution in [0, 0.1) is 0 Å². The van der Waals surface area contributed by atoms with E-state index in [2.05, 4.69) is 25.8 Å². The maximum Gasteiger partial charge on any atom is 0.416 e. The van der Waals surface area contributed by atoms with Crippen molar-refractivity contribution in [3.8, 4) is 11.4 Å². The summed E-state index contributed by atoms with van der Waals surface area (Å²) < 4.78 is 43.2. The number of thioether (sulfide) groups is 1. The molecule has 1 aromatic carbocycles. The molecule has 1 aliphatic heterocycles. The number of rotatable bonds is 5. The van der Waals surface area contributed by atoms with Crippen molar-refractivity contribution in [3.63, 3.8) is 0 Å². The van der Waals surface area contributed by atoms with Crippen molar-refractivity contribution in [3.05, 3.63) is 65.8 Å². The van der Waals surface area contributed by atoms with Gasteiger partial charge in [-0.25, -0.2) is 0 Å². The standard InChI is InChI=1S/C19H16F3N5O2S/c20-19(21,22)12-6-4-11(5-7-12)17-26-16(29-27-17)10-30-18-24-14(9-15(28)25-18)13-3-1-2-8-23-13/h1-8,14,18,24H,9-10H2,(H,25,28). The van der Waals surface area contributed by atoms with Gasteiger partial charge in [0, 0.05) is 18.2 Å². The molecule has 1 fully saturated rings. The van der Waals surface area contributed by atoms with Crippen molar-refractivity contribution < 1.29 is 22.5 Å². The van der Waals surface area contributed by atoms with Crippen LogP contribution in [0.5, 0.6) is 0 Å². The van der Waals surface area contributed by atoms with E-state index >= 15 is 0 Å². The monoisotopic (exact) mass is 435 g/mol. The van der Waals surface area contributed by atoms with Crippen LogP contribution in [0.2, 0.25) is 0 Å². The van der Waals surface area contributed by atoms with Crippen LogP contribution in [0.4, 0.5) is 13.2 Å². The summed E-state index contributed by atoms with van der Waals surface area (Å²) in [5, 5.41) is 9.96. The van der Waals surface area contributed by atoms with Gasteiger partial charge in [0.1, 0.15) is 5.50 Å². The van der Waals surface area contributed by atoms with Gasteiger partial charge in [0.05, 0.1) is 23.1 Å². The molecule has 1 saturated heterocycles. The summed E-state index contributed by atoms with van der Waals surface area (Å²) in [6.07, 6.45) is -2.44. The molecule has 2 N–H and O–H groups in total. The average Bonchev–Trinajstić information content (AvgIpc) is 3.21. The summed E-state index contributed by atoms with van der Waals surface area (Å²) in [6, 6.07) is 9.85. The van der Waals surface area contributed by atoms with Crippen LogP contribution < -0.4 is 10.6 Å². The van der Waals surface area contributed by atoms with E-state index in [4.69, 9.17) is 4.52 Å². The van der Waals surface area contributed by atoms with Gasteiger partial charge in [0.15, 0.2) is 0 Å². The smallest absolute Gasteiger partial charge is 0.338 e. The zero-order valence-electron chi connectivity index (χ0n) is 15.4. The second-order valence-corrected chi connectivity index (χ2v) is 7.62. The lowest BCUT2D eigenvalue weighted by molar-refractivity contribution is -0.137. The molecule has 0 spiro atoms. The Hall–Kier alpha value is -2.92. The third-order valence-corrected chi connectivity index (χ3v) is 5.39. The Morgan fingerprint density at radius 3 is 2.67 bits per heavy atom. The number of alkyl halides is 3. The molecular formula is C19H16F3N5O2S. The van der Waals surface area contributed by atoms with Gasteiger partial charge in [0.2, 0.25) is 17.6 Å². The number of nitrogens with zero attached hydrogens (tertiary/aromatic N) is 3. The van der Waals surface area contributed by atoms with Crippen LogP contribution in [0.3, 0.4) is 0 Å². The number of carbonyl (C=O) groups excluding carboxylic acids is 1. The van der Waals surface area contributed by atoms with Crippen LogP contribution >= 0.6 is 11.8 Å². The molecule has 11 heteroatoms. The first kappa shape index (κ1) is 20.4. The minimum Gasteiger partial charge on any atom is -0.338 e. The topological polar surface area (TPSA) is 92.9 Å². The van der Waals surface area contributed by atoms with Crippen LogP contribution in [0.15, 0.2) is 53.2 Å². The van der Waals surface area contributed by atoms with E-state index in [9.17, 15) is 18.0 Å². The summed E-state index contributed by atoms with van der Waals surface area (Å²) >= 11 is 1.35. The van der Waals surface area contributed by atoms with Gasteiger partial charge < -0.3 is 9.84 Å². The van der Waals surface area contributed by atoms with E-state index in [1.165, 1.54) is 23.9 Å². The van der Waals surface area contributed by atoms with Crippen molar-refractivity contribution in [2.24, 2.45) is 0 Å². The molecule has 3 aromatic rings. The molecule has 0 saturated carbocycles. The Balaban J connectivity index is 1.38. The molecule has 1 amide bonds. The lowest BCUT2D eigenvalue weighted by atomic mass is 10.1. The first-order chi connectivity index (χ1) is 14.4. The Morgan fingerprint density at radius 1 is 1.17 bits per heavy atom. The first-order valence-electron chi connectivity index (χ1n) is 8.96. The van der Waals surface area contributed by atoms with Crippen molar-refractivity contribution in [1.82, 2.24) is 25.8 Å². The highest BCUT2D eigenvalue weighted by Crippen LogP contribution is 2.30. The number of hydrogen-bond acceptors (Lipinski definition) is 7. The van der Waals surface area contributed by atoms with E-state index < -0.39 is 11.7 Å². The molecule has 0 aliphatic carbocycles. The normalized spacial score (nSPS) is 19.5. The molecule has 4 rings (SSSR count). The third-order valence-electron chi connectivity index (χ3n) is 4.39. The predicted octanol–water partition coefficient (Wildman–Crippen LogP) is 3.52. The highest BCUT2D eigenvalue weighted by atomic mass is 32.2. The van der Waals surface area contributed by atoms with Crippen LogP contribution in [-0.2, 0) is 16.7 Å². The zero-order chi connectivity index (χ0) is 21.1. The van der Waals surface area contributed by atoms with Gasteiger partial charge in [-0.05, 0) is 24.3 Å². The summed E-state index contributed by atoms with van der Waals surface area (Å²) in [6.45, 7) is 0. The van der Waals surface area contributed by atoms with Crippen LogP contribution in [-0.4, -0.2) is 26.5 Å². The number of benzene rings is 1. The summed E-state index contributed by atoms with van der Waals surface area (Å²) in [4.78, 5) is 20.5. The van der Waals surface area contributed by atoms with Gasteiger partial charge in [-0.2, -0.15) is 18.2 Å². The maximum atomic E-state index is 12.7. The second kappa shape index (κ2) is 8.44. The fourth-order valence-electron chi connectivity index (χ4n) is 2.93. The molecule has 30 heavy (non-hydrogen) atoms. The van der Waals surface area contributed by atoms with Crippen LogP contribution in [0.1, 0.15) is 29.6 Å². The number of pyridine rings is 1. The minimum absolute atomic E-state index is 0.0992. The fraction of sp³-hybridized carbons (Fsp3) is 0.263. The lowest BCUT2D eigenvalue weighted by Gasteiger charge is -2.30. The molecule has 3 heterocycles. The van der Waals surface area contributed by atoms with Crippen molar-refractivity contribution in [2.75, 3.05) is 0 Å². The van der Waals surface area contributed by atoms with Gasteiger partial charge in [-0.3, -0.25) is 15.1 Å². The van der Waals surface area contributed by atoms with Gasteiger partial charge >= 0.3 is 6.18 Å². The van der Waals surface area contributed by atoms with E-state index in [1.54, 1.807) is 6.20 Å². The van der Waals surface area contributed by atoms with Crippen molar-refractivity contribution in [2.45, 2.75) is 29.9 Å². The number of carbonyl (C=O) groups is 1. The number of aromatic nitrogens is 3. The Labute approximate surface area is 173 Å². The van der Waals surface area contributed by atoms with Gasteiger partial charge in [-0.15, -0.1) is 11.8 Å². The van der Waals surface area contributed by atoms with E-state index in [-0.39, 0.29) is 29.7 Å². The average molecular weight is 435 g/mol. The Kier molecular flexibility index (Phi) is 5.73.